The largest absolute Gasteiger partial charge is 0.385 e. The molecule has 2 aliphatic rings. The number of nitrogen functional groups attached to an aromatic ring is 1. The number of ether oxygens (including phenoxy) is 1. The number of aromatic nitrogens is 2. The van der Waals surface area contributed by atoms with Gasteiger partial charge in [-0.1, -0.05) is 30.3 Å². The van der Waals surface area contributed by atoms with Gasteiger partial charge in [0.15, 0.2) is 5.69 Å². The number of anilines is 2. The molecule has 1 aliphatic carbocycles. The van der Waals surface area contributed by atoms with Crippen molar-refractivity contribution in [1.82, 2.24) is 14.5 Å². The van der Waals surface area contributed by atoms with Gasteiger partial charge in [0.05, 0.1) is 12.5 Å². The molecule has 2 amide bonds. The number of carbonyl (C=O) groups excluding carboxylic acids is 2. The Morgan fingerprint density at radius 2 is 1.89 bits per heavy atom. The number of H-pyrrole nitrogens is 1. The summed E-state index contributed by atoms with van der Waals surface area (Å²) in [5, 5.41) is 0. The zero-order chi connectivity index (χ0) is 24.9. The molecule has 1 unspecified atom stereocenters. The molecule has 1 aromatic carbocycles. The lowest BCUT2D eigenvalue weighted by Gasteiger charge is -2.35. The summed E-state index contributed by atoms with van der Waals surface area (Å²) >= 11 is 0. The van der Waals surface area contributed by atoms with Crippen LogP contribution in [0.4, 0.5) is 11.5 Å². The number of hydrogen-bond acceptors (Lipinski definition) is 6. The highest BCUT2D eigenvalue weighted by Crippen LogP contribution is 2.33. The first-order valence-corrected chi connectivity index (χ1v) is 12.2. The maximum absolute atomic E-state index is 13.8. The average molecular weight is 484 g/mol. The molecule has 4 rings (SSSR count). The van der Waals surface area contributed by atoms with Gasteiger partial charge in [0.2, 0.25) is 11.8 Å². The molecule has 3 N–H and O–H groups in total. The van der Waals surface area contributed by atoms with Crippen LogP contribution in [-0.4, -0.2) is 59.6 Å². The molecule has 2 heterocycles. The first-order valence-electron chi connectivity index (χ1n) is 12.2. The van der Waals surface area contributed by atoms with E-state index in [-0.39, 0.29) is 42.3 Å². The van der Waals surface area contributed by atoms with Crippen LogP contribution >= 0.6 is 0 Å². The van der Waals surface area contributed by atoms with E-state index < -0.39 is 17.2 Å². The van der Waals surface area contributed by atoms with Gasteiger partial charge in [-0.2, -0.15) is 0 Å². The Kier molecular flexibility index (Phi) is 7.70. The third-order valence-corrected chi connectivity index (χ3v) is 6.67. The van der Waals surface area contributed by atoms with Crippen LogP contribution in [-0.2, 0) is 20.9 Å². The third kappa shape index (κ3) is 5.64. The highest BCUT2D eigenvalue weighted by Gasteiger charge is 2.38. The van der Waals surface area contributed by atoms with Crippen molar-refractivity contribution in [3.05, 3.63) is 56.7 Å². The fourth-order valence-electron chi connectivity index (χ4n) is 4.65. The molecular formula is C25H33N5O5. The van der Waals surface area contributed by atoms with E-state index in [0.29, 0.717) is 32.5 Å². The summed E-state index contributed by atoms with van der Waals surface area (Å²) in [6.07, 6.45) is 3.64. The van der Waals surface area contributed by atoms with E-state index in [0.717, 1.165) is 24.8 Å². The minimum atomic E-state index is -0.704. The summed E-state index contributed by atoms with van der Waals surface area (Å²) in [5.41, 5.74) is 5.84. The van der Waals surface area contributed by atoms with Crippen LogP contribution in [0.15, 0.2) is 39.9 Å². The van der Waals surface area contributed by atoms with Crippen LogP contribution in [0.2, 0.25) is 0 Å². The molecular weight excluding hydrogens is 450 g/mol. The van der Waals surface area contributed by atoms with Crippen molar-refractivity contribution in [2.75, 3.05) is 44.0 Å². The van der Waals surface area contributed by atoms with Gasteiger partial charge in [0, 0.05) is 39.3 Å². The summed E-state index contributed by atoms with van der Waals surface area (Å²) in [7, 11) is 1.57. The average Bonchev–Trinajstić information content (AvgIpc) is 3.71. The SMILES string of the molecule is COCCCN(C(=O)C1CCCN(C(=O)C2CC2)C1)c1c(N)n(Cc2ccccc2)c(=O)[nH]c1=O. The first kappa shape index (κ1) is 24.7. The standard InChI is InChI=1S/C25H33N5O5/c1-35-14-6-13-29(24(33)19-9-5-12-28(16-19)23(32)18-10-11-18)20-21(26)30(25(34)27-22(20)31)15-17-7-3-2-4-8-17/h2-4,7-8,18-19H,5-6,9-16,26H2,1H3,(H,27,31,34). The lowest BCUT2D eigenvalue weighted by molar-refractivity contribution is -0.136. The number of likely N-dealkylation sites (tertiary alicyclic amines) is 1. The molecule has 0 bridgehead atoms. The van der Waals surface area contributed by atoms with Gasteiger partial charge in [-0.3, -0.25) is 23.9 Å². The van der Waals surface area contributed by atoms with Gasteiger partial charge in [-0.05, 0) is 37.7 Å². The molecule has 188 valence electrons. The molecule has 1 saturated carbocycles. The minimum absolute atomic E-state index is 0.0349. The Labute approximate surface area is 203 Å². The van der Waals surface area contributed by atoms with E-state index in [1.54, 1.807) is 12.0 Å². The lowest BCUT2D eigenvalue weighted by atomic mass is 9.95. The van der Waals surface area contributed by atoms with Gasteiger partial charge in [0.25, 0.3) is 5.56 Å². The summed E-state index contributed by atoms with van der Waals surface area (Å²) in [6.45, 7) is 1.73. The van der Waals surface area contributed by atoms with Gasteiger partial charge >= 0.3 is 5.69 Å². The molecule has 1 aliphatic heterocycles. The van der Waals surface area contributed by atoms with E-state index in [9.17, 15) is 19.2 Å². The van der Waals surface area contributed by atoms with Crippen molar-refractivity contribution in [2.45, 2.75) is 38.6 Å². The quantitative estimate of drug-likeness (QED) is 0.515. The van der Waals surface area contributed by atoms with Gasteiger partial charge < -0.3 is 20.3 Å². The number of nitrogens with zero attached hydrogens (tertiary/aromatic N) is 3. The summed E-state index contributed by atoms with van der Waals surface area (Å²) in [4.78, 5) is 57.4. The maximum Gasteiger partial charge on any atom is 0.330 e. The van der Waals surface area contributed by atoms with Crippen molar-refractivity contribution in [3.8, 4) is 0 Å². The Morgan fingerprint density at radius 1 is 1.14 bits per heavy atom. The highest BCUT2D eigenvalue weighted by atomic mass is 16.5. The Bertz CT molecular complexity index is 1170. The number of amides is 2. The fourth-order valence-corrected chi connectivity index (χ4v) is 4.65. The number of methoxy groups -OCH3 is 1. The van der Waals surface area contributed by atoms with Crippen LogP contribution in [0.1, 0.15) is 37.7 Å². The highest BCUT2D eigenvalue weighted by molar-refractivity contribution is 5.97. The summed E-state index contributed by atoms with van der Waals surface area (Å²) < 4.78 is 6.42. The predicted molar refractivity (Wildman–Crippen MR) is 132 cm³/mol. The topological polar surface area (TPSA) is 131 Å². The number of benzene rings is 1. The molecule has 2 aromatic rings. The van der Waals surface area contributed by atoms with Crippen LogP contribution < -0.4 is 21.9 Å². The number of carbonyl (C=O) groups is 2. The second-order valence-corrected chi connectivity index (χ2v) is 9.30. The summed E-state index contributed by atoms with van der Waals surface area (Å²) in [5.74, 6) is -0.571. The zero-order valence-electron chi connectivity index (χ0n) is 20.1. The second-order valence-electron chi connectivity index (χ2n) is 9.30. The van der Waals surface area contributed by atoms with Crippen LogP contribution in [0.25, 0.3) is 0 Å². The monoisotopic (exact) mass is 483 g/mol. The number of aromatic amines is 1. The third-order valence-electron chi connectivity index (χ3n) is 6.67. The van der Waals surface area contributed by atoms with Crippen LogP contribution in [0.5, 0.6) is 0 Å². The van der Waals surface area contributed by atoms with Crippen LogP contribution in [0, 0.1) is 11.8 Å². The molecule has 1 aromatic heterocycles. The van der Waals surface area contributed by atoms with Crippen molar-refractivity contribution in [3.63, 3.8) is 0 Å². The normalized spacial score (nSPS) is 17.9. The number of hydrogen-bond donors (Lipinski definition) is 2. The molecule has 2 fully saturated rings. The van der Waals surface area contributed by atoms with Gasteiger partial charge in [-0.25, -0.2) is 4.79 Å². The molecule has 1 saturated heterocycles. The van der Waals surface area contributed by atoms with E-state index >= 15 is 0 Å². The summed E-state index contributed by atoms with van der Waals surface area (Å²) in [6, 6.07) is 9.27. The smallest absolute Gasteiger partial charge is 0.330 e. The molecule has 10 nitrogen and oxygen atoms in total. The van der Waals surface area contributed by atoms with Crippen LogP contribution in [0.3, 0.4) is 0 Å². The number of rotatable bonds is 9. The Morgan fingerprint density at radius 3 is 2.57 bits per heavy atom. The number of piperidine rings is 1. The van der Waals surface area contributed by atoms with Crippen molar-refractivity contribution < 1.29 is 14.3 Å². The molecule has 0 spiro atoms. The molecule has 1 atom stereocenters. The molecule has 0 radical (unpaired) electrons. The van der Waals surface area contributed by atoms with E-state index in [2.05, 4.69) is 4.98 Å². The first-order chi connectivity index (χ1) is 16.9. The maximum atomic E-state index is 13.8. The lowest BCUT2D eigenvalue weighted by Crippen LogP contribution is -2.49. The van der Waals surface area contributed by atoms with E-state index in [1.165, 1.54) is 9.47 Å². The van der Waals surface area contributed by atoms with Gasteiger partial charge in [-0.15, -0.1) is 0 Å². The van der Waals surface area contributed by atoms with Gasteiger partial charge in [0.1, 0.15) is 5.82 Å². The van der Waals surface area contributed by atoms with Crippen molar-refractivity contribution >= 4 is 23.3 Å². The second kappa shape index (κ2) is 10.9. The molecule has 10 heteroatoms. The Hall–Kier alpha value is -3.40. The number of nitrogens with two attached hydrogens (primary N) is 1. The zero-order valence-corrected chi connectivity index (χ0v) is 20.1. The fraction of sp³-hybridized carbons (Fsp3) is 0.520. The van der Waals surface area contributed by atoms with Crippen molar-refractivity contribution in [1.29, 1.82) is 0 Å². The predicted octanol–water partition coefficient (Wildman–Crippen LogP) is 1.19. The van der Waals surface area contributed by atoms with E-state index in [4.69, 9.17) is 10.5 Å². The number of nitrogens with one attached hydrogen (secondary N) is 1. The van der Waals surface area contributed by atoms with Crippen molar-refractivity contribution in [2.24, 2.45) is 11.8 Å². The molecule has 35 heavy (non-hydrogen) atoms. The Balaban J connectivity index is 1.65. The van der Waals surface area contributed by atoms with E-state index in [1.807, 2.05) is 30.3 Å². The minimum Gasteiger partial charge on any atom is -0.385 e.